The topological polar surface area (TPSA) is 0 Å². The molecular weight excluding hydrogens is 393 g/mol. The SMILES string of the molecule is P.[C-]1=CC=CCS1.[C-]1=CC=CCS1.[Cl][Pd][Cl]. The molecule has 2 aliphatic rings. The van der Waals surface area contributed by atoms with Crippen LogP contribution in [0.1, 0.15) is 0 Å². The monoisotopic (exact) mass is 404 g/mol. The molecule has 0 bridgehead atoms. The molecule has 0 N–H and O–H groups in total. The van der Waals surface area contributed by atoms with E-state index in [0.717, 1.165) is 11.5 Å². The van der Waals surface area contributed by atoms with Crippen LogP contribution in [0.15, 0.2) is 36.5 Å². The first-order valence-electron chi connectivity index (χ1n) is 3.95. The van der Waals surface area contributed by atoms with Crippen LogP contribution in [0.25, 0.3) is 0 Å². The van der Waals surface area contributed by atoms with Crippen molar-refractivity contribution in [3.05, 3.63) is 47.3 Å². The van der Waals surface area contributed by atoms with E-state index >= 15 is 0 Å². The van der Waals surface area contributed by atoms with Crippen LogP contribution in [0, 0.1) is 10.8 Å². The van der Waals surface area contributed by atoms with Gasteiger partial charge < -0.3 is 0 Å². The summed E-state index contributed by atoms with van der Waals surface area (Å²) in [5.41, 5.74) is 0. The Morgan fingerprint density at radius 1 is 0.938 bits per heavy atom. The average molecular weight is 406 g/mol. The second-order valence-electron chi connectivity index (χ2n) is 2.09. The molecule has 16 heavy (non-hydrogen) atoms. The zero-order chi connectivity index (χ0) is 11.2. The van der Waals surface area contributed by atoms with Crippen LogP contribution in [0.2, 0.25) is 0 Å². The second kappa shape index (κ2) is 18.7. The van der Waals surface area contributed by atoms with Crippen LogP contribution in [-0.4, -0.2) is 11.5 Å². The van der Waals surface area contributed by atoms with Crippen molar-refractivity contribution in [2.45, 2.75) is 0 Å². The van der Waals surface area contributed by atoms with Gasteiger partial charge in [0.25, 0.3) is 0 Å². The summed E-state index contributed by atoms with van der Waals surface area (Å²) in [6.07, 6.45) is 12.1. The van der Waals surface area contributed by atoms with Gasteiger partial charge in [-0.1, -0.05) is 0 Å². The molecule has 2 heterocycles. The molecule has 6 heteroatoms. The van der Waals surface area contributed by atoms with E-state index in [2.05, 4.69) is 23.0 Å². The van der Waals surface area contributed by atoms with E-state index < -0.39 is 0 Å². The van der Waals surface area contributed by atoms with Crippen LogP contribution < -0.4 is 0 Å². The Morgan fingerprint density at radius 2 is 1.31 bits per heavy atom. The molecule has 0 amide bonds. The molecule has 0 spiro atoms. The van der Waals surface area contributed by atoms with Crippen LogP contribution in [0.3, 0.4) is 0 Å². The van der Waals surface area contributed by atoms with E-state index in [9.17, 15) is 0 Å². The van der Waals surface area contributed by atoms with E-state index in [0.29, 0.717) is 0 Å². The number of halogens is 2. The summed E-state index contributed by atoms with van der Waals surface area (Å²) in [5.74, 6) is 2.19. The van der Waals surface area contributed by atoms with Crippen LogP contribution in [-0.2, 0) is 15.9 Å². The summed E-state index contributed by atoms with van der Waals surface area (Å²) < 4.78 is 0. The van der Waals surface area contributed by atoms with Gasteiger partial charge in [-0.15, -0.1) is 0 Å². The molecule has 0 saturated heterocycles. The Hall–Kier alpha value is 1.33. The molecule has 2 rings (SSSR count). The van der Waals surface area contributed by atoms with Crippen molar-refractivity contribution in [1.29, 1.82) is 0 Å². The number of hydrogen-bond donors (Lipinski definition) is 0. The van der Waals surface area contributed by atoms with Crippen molar-refractivity contribution in [3.8, 4) is 0 Å². The molecule has 1 atom stereocenters. The Balaban J connectivity index is 0. The van der Waals surface area contributed by atoms with Gasteiger partial charge in [0.05, 0.1) is 0 Å². The molecule has 0 saturated carbocycles. The van der Waals surface area contributed by atoms with Gasteiger partial charge in [0.2, 0.25) is 0 Å². The van der Waals surface area contributed by atoms with Gasteiger partial charge in [-0.2, -0.15) is 22.1 Å². The Kier molecular flexibility index (Phi) is 23.0. The minimum atomic E-state index is -0.106. The third kappa shape index (κ3) is 17.7. The molecule has 0 fully saturated rings. The number of allylic oxidation sites excluding steroid dienone is 4. The molecule has 0 radical (unpaired) electrons. The van der Waals surface area contributed by atoms with Gasteiger partial charge >= 0.3 is 35.0 Å². The number of thioether (sulfide) groups is 2. The van der Waals surface area contributed by atoms with Crippen molar-refractivity contribution in [3.63, 3.8) is 0 Å². The average Bonchev–Trinajstić information content (AvgIpc) is 2.35. The first-order valence-corrected chi connectivity index (χ1v) is 9.93. The fourth-order valence-corrected chi connectivity index (χ4v) is 1.57. The molecule has 0 nitrogen and oxygen atoms in total. The summed E-state index contributed by atoms with van der Waals surface area (Å²) in [7, 11) is 9.63. The second-order valence-corrected chi connectivity index (χ2v) is 6.17. The Labute approximate surface area is 126 Å². The van der Waals surface area contributed by atoms with Gasteiger partial charge in [-0.25, -0.2) is 58.6 Å². The normalized spacial score (nSPS) is 15.4. The maximum atomic E-state index is 4.81. The fraction of sp³-hybridized carbons (Fsp3) is 0.200. The van der Waals surface area contributed by atoms with Gasteiger partial charge in [0, 0.05) is 0 Å². The fourth-order valence-electron chi connectivity index (χ4n) is 0.614. The predicted octanol–water partition coefficient (Wildman–Crippen LogP) is 4.65. The van der Waals surface area contributed by atoms with Crippen LogP contribution in [0.5, 0.6) is 0 Å². The van der Waals surface area contributed by atoms with Crippen LogP contribution >= 0.6 is 52.5 Å². The molecule has 96 valence electrons. The van der Waals surface area contributed by atoms with E-state index in [4.69, 9.17) is 19.1 Å². The summed E-state index contributed by atoms with van der Waals surface area (Å²) in [6, 6.07) is 0. The third-order valence-corrected chi connectivity index (χ3v) is 2.45. The van der Waals surface area contributed by atoms with Crippen molar-refractivity contribution < 1.29 is 15.9 Å². The summed E-state index contributed by atoms with van der Waals surface area (Å²) in [5, 5.41) is 5.98. The van der Waals surface area contributed by atoms with E-state index in [1.807, 2.05) is 24.3 Å². The zero-order valence-electron chi connectivity index (χ0n) is 8.47. The van der Waals surface area contributed by atoms with E-state index in [1.54, 1.807) is 23.5 Å². The number of hydrogen-bond acceptors (Lipinski definition) is 2. The summed E-state index contributed by atoms with van der Waals surface area (Å²) >= 11 is 3.30. The standard InChI is InChI=1S/2C5H5S.2ClH.H3P.Pd/c2*1-2-4-6-5-3-1;;;;/h2*1-3H,4H2;2*1H;1H3;/q2*-1;;;;+2/p-2. The summed E-state index contributed by atoms with van der Waals surface area (Å²) in [6.45, 7) is 0. The van der Waals surface area contributed by atoms with Crippen molar-refractivity contribution in [2.75, 3.05) is 11.5 Å². The van der Waals surface area contributed by atoms with Gasteiger partial charge in [0.1, 0.15) is 0 Å². The molecule has 0 aromatic heterocycles. The molecule has 1 unspecified atom stereocenters. The first kappa shape index (κ1) is 19.7. The Morgan fingerprint density at radius 3 is 1.38 bits per heavy atom. The molecule has 0 aromatic carbocycles. The molecule has 2 aliphatic heterocycles. The van der Waals surface area contributed by atoms with Gasteiger partial charge in [-0.3, -0.25) is 0 Å². The number of rotatable bonds is 0. The Bertz CT molecular complexity index is 195. The summed E-state index contributed by atoms with van der Waals surface area (Å²) in [4.78, 5) is 0. The van der Waals surface area contributed by atoms with Gasteiger partial charge in [0.15, 0.2) is 0 Å². The van der Waals surface area contributed by atoms with Crippen molar-refractivity contribution in [2.24, 2.45) is 0 Å². The molecule has 0 aliphatic carbocycles. The third-order valence-electron chi connectivity index (χ3n) is 1.13. The van der Waals surface area contributed by atoms with Gasteiger partial charge in [-0.05, 0) is 11.5 Å². The maximum absolute atomic E-state index is 4.81. The predicted molar refractivity (Wildman–Crippen MR) is 81.6 cm³/mol. The van der Waals surface area contributed by atoms with Crippen LogP contribution in [0.4, 0.5) is 0 Å². The first-order chi connectivity index (χ1) is 7.41. The van der Waals surface area contributed by atoms with Crippen molar-refractivity contribution in [1.82, 2.24) is 0 Å². The zero-order valence-corrected chi connectivity index (χ0v) is 14.6. The quantitative estimate of drug-likeness (QED) is 0.327. The van der Waals surface area contributed by atoms with E-state index in [1.165, 1.54) is 0 Å². The minimum absolute atomic E-state index is 0. The van der Waals surface area contributed by atoms with Crippen molar-refractivity contribution >= 4 is 52.5 Å². The molecule has 0 aromatic rings. The van der Waals surface area contributed by atoms with E-state index in [-0.39, 0.29) is 25.8 Å². The molecular formula is C10H13Cl2PPdS2-2.